The fourth-order valence-corrected chi connectivity index (χ4v) is 0. The van der Waals surface area contributed by atoms with Crippen molar-refractivity contribution >= 4 is 7.82 Å². The Bertz CT molecular complexity index is 54.2. The minimum Gasteiger partial charge on any atom is -0.790 e. The minimum atomic E-state index is -5.14. The Kier molecular flexibility index (Phi) is 10.6. The Morgan fingerprint density at radius 2 is 1.43 bits per heavy atom. The van der Waals surface area contributed by atoms with E-state index in [4.69, 9.17) is 19.2 Å². The van der Waals surface area contributed by atoms with Crippen molar-refractivity contribution in [3.8, 4) is 0 Å². The third-order valence-corrected chi connectivity index (χ3v) is 0. The van der Waals surface area contributed by atoms with Gasteiger partial charge in [-0.05, 0) is 0 Å². The van der Waals surface area contributed by atoms with Crippen LogP contribution in [-0.4, -0.2) is 10.4 Å². The second-order valence-electron chi connectivity index (χ2n) is 0.469. The first kappa shape index (κ1) is 15.6. The van der Waals surface area contributed by atoms with Crippen molar-refractivity contribution in [3.63, 3.8) is 0 Å². The van der Waals surface area contributed by atoms with E-state index >= 15 is 0 Å². The molecule has 0 unspecified atom stereocenters. The van der Waals surface area contributed by atoms with Gasteiger partial charge in [0, 0.05) is 0 Å². The van der Waals surface area contributed by atoms with Crippen LogP contribution in [0.25, 0.3) is 0 Å². The first-order valence-corrected chi connectivity index (χ1v) is 2.24. The molecule has 3 N–H and O–H groups in total. The van der Waals surface area contributed by atoms with Crippen molar-refractivity contribution in [2.45, 2.75) is 0 Å². The van der Waals surface area contributed by atoms with Gasteiger partial charge >= 0.3 is 16.8 Å². The Morgan fingerprint density at radius 3 is 1.43 bits per heavy atom. The van der Waals surface area contributed by atoms with Crippen molar-refractivity contribution < 1.29 is 41.5 Å². The monoisotopic (exact) mass is 173 g/mol. The molecule has 0 saturated heterocycles. The van der Waals surface area contributed by atoms with Crippen LogP contribution in [0.3, 0.4) is 0 Å². The first-order valence-electron chi connectivity index (χ1n) is 0.748. The Labute approximate surface area is 50.1 Å². The van der Waals surface area contributed by atoms with Crippen LogP contribution in [0.4, 0.5) is 0 Å². The Balaban J connectivity index is -0.0000000800. The summed E-state index contributed by atoms with van der Waals surface area (Å²) in [5.41, 5.74) is 0. The van der Waals surface area contributed by atoms with Gasteiger partial charge in [0.1, 0.15) is 0 Å². The van der Waals surface area contributed by atoms with Crippen LogP contribution in [0.1, 0.15) is 0 Å². The van der Waals surface area contributed by atoms with Crippen molar-refractivity contribution in [2.24, 2.45) is 0 Å². The molecule has 0 aliphatic rings. The predicted octanol–water partition coefficient (Wildman–Crippen LogP) is -3.02. The summed E-state index contributed by atoms with van der Waals surface area (Å²) in [6.07, 6.45) is 0. The fraction of sp³-hybridized carbons (Fsp3) is 0. The van der Waals surface area contributed by atoms with Gasteiger partial charge in [0.25, 0.3) is 0 Å². The zero-order valence-corrected chi connectivity index (χ0v) is 4.89. The molecule has 0 spiro atoms. The van der Waals surface area contributed by atoms with E-state index in [1.54, 1.807) is 0 Å². The first-order chi connectivity index (χ1) is 2.00. The van der Waals surface area contributed by atoms with E-state index < -0.39 is 7.82 Å². The van der Waals surface area contributed by atoms with E-state index in [9.17, 15) is 0 Å². The minimum absolute atomic E-state index is 0. The largest absolute Gasteiger partial charge is 2.00 e. The average Bonchev–Trinajstić information content (AvgIpc) is 0.722. The molecule has 0 bridgehead atoms. The molecule has 0 aromatic heterocycles. The van der Waals surface area contributed by atoms with Gasteiger partial charge in [0.2, 0.25) is 0 Å². The predicted molar refractivity (Wildman–Crippen MR) is 13.4 cm³/mol. The smallest absolute Gasteiger partial charge is 0.790 e. The summed E-state index contributed by atoms with van der Waals surface area (Å²) >= 11 is 0. The standard InChI is InChI=1S/Co.H3O4P.H2O/c;1-5(2,3)4;/h;(H3,1,2,3,4);1H2/q+2;;/p-2. The van der Waals surface area contributed by atoms with Crippen LogP contribution >= 0.6 is 7.82 Å². The third kappa shape index (κ3) is 414. The summed E-state index contributed by atoms with van der Waals surface area (Å²) in [5, 5.41) is 0. The van der Waals surface area contributed by atoms with Gasteiger partial charge in [0.15, 0.2) is 0 Å². The molecule has 1 radical (unpaired) electrons. The van der Waals surface area contributed by atoms with Gasteiger partial charge in [-0.15, -0.1) is 0 Å². The summed E-state index contributed by atoms with van der Waals surface area (Å²) in [5.74, 6) is 0. The molecule has 0 saturated carbocycles. The topological polar surface area (TPSA) is 115 Å². The summed E-state index contributed by atoms with van der Waals surface area (Å²) in [6.45, 7) is 0. The van der Waals surface area contributed by atoms with E-state index in [1.165, 1.54) is 0 Å². The molecule has 0 aliphatic carbocycles. The maximum Gasteiger partial charge on any atom is 2.00 e. The zero-order valence-electron chi connectivity index (χ0n) is 2.95. The van der Waals surface area contributed by atoms with Crippen LogP contribution in [0.2, 0.25) is 0 Å². The van der Waals surface area contributed by atoms with E-state index in [2.05, 4.69) is 0 Å². The Hall–Kier alpha value is 0.576. The molecule has 0 aromatic rings. The van der Waals surface area contributed by atoms with Gasteiger partial charge in [-0.2, -0.15) is 0 Å². The van der Waals surface area contributed by atoms with Crippen LogP contribution in [0, 0.1) is 0 Å². The molecule has 0 fully saturated rings. The molecule has 0 atom stereocenters. The maximum absolute atomic E-state index is 8.66. The quantitative estimate of drug-likeness (QED) is 0.392. The third-order valence-electron chi connectivity index (χ3n) is 0. The number of hydrogen-bond donors (Lipinski definition) is 1. The van der Waals surface area contributed by atoms with E-state index in [1.807, 2.05) is 0 Å². The molecule has 0 heterocycles. The Morgan fingerprint density at radius 1 is 1.43 bits per heavy atom. The number of hydrogen-bond acceptors (Lipinski definition) is 3. The molecular formula is H3CoO5P. The van der Waals surface area contributed by atoms with E-state index in [-0.39, 0.29) is 22.3 Å². The van der Waals surface area contributed by atoms with Crippen molar-refractivity contribution in [2.75, 3.05) is 0 Å². The molecule has 7 heteroatoms. The van der Waals surface area contributed by atoms with Crippen LogP contribution < -0.4 is 9.79 Å². The van der Waals surface area contributed by atoms with Crippen molar-refractivity contribution in [3.05, 3.63) is 0 Å². The molecule has 0 rings (SSSR count). The SMILES string of the molecule is O.O=P([O-])([O-])O.[Co+2]. The van der Waals surface area contributed by atoms with Crippen LogP contribution in [-0.2, 0) is 21.3 Å². The molecule has 0 aromatic carbocycles. The van der Waals surface area contributed by atoms with Gasteiger partial charge in [0.05, 0.1) is 7.82 Å². The average molecular weight is 173 g/mol. The van der Waals surface area contributed by atoms with Gasteiger partial charge in [-0.3, -0.25) is 0 Å². The van der Waals surface area contributed by atoms with Crippen LogP contribution in [0.5, 0.6) is 0 Å². The molecule has 5 nitrogen and oxygen atoms in total. The van der Waals surface area contributed by atoms with Crippen molar-refractivity contribution in [1.82, 2.24) is 0 Å². The fourth-order valence-electron chi connectivity index (χ4n) is 0. The normalized spacial score (nSPS) is 8.43. The van der Waals surface area contributed by atoms with Crippen LogP contribution in [0.15, 0.2) is 0 Å². The van der Waals surface area contributed by atoms with E-state index in [0.717, 1.165) is 0 Å². The maximum atomic E-state index is 8.66. The summed E-state index contributed by atoms with van der Waals surface area (Å²) < 4.78 is 8.66. The molecule has 47 valence electrons. The van der Waals surface area contributed by atoms with E-state index in [0.29, 0.717) is 0 Å². The zero-order chi connectivity index (χ0) is 4.50. The molecule has 0 amide bonds. The number of phosphoric acid groups is 1. The second kappa shape index (κ2) is 4.73. The van der Waals surface area contributed by atoms with Crippen molar-refractivity contribution in [1.29, 1.82) is 0 Å². The molecule has 0 aliphatic heterocycles. The van der Waals surface area contributed by atoms with Gasteiger partial charge in [-0.25, -0.2) is 0 Å². The molecular weight excluding hydrogens is 170 g/mol. The van der Waals surface area contributed by atoms with Gasteiger partial charge in [-0.1, -0.05) is 0 Å². The summed E-state index contributed by atoms with van der Waals surface area (Å²) in [7, 11) is -5.14. The van der Waals surface area contributed by atoms with Gasteiger partial charge < -0.3 is 24.7 Å². The second-order valence-corrected chi connectivity index (χ2v) is 1.41. The molecule has 7 heavy (non-hydrogen) atoms. The summed E-state index contributed by atoms with van der Waals surface area (Å²) in [6, 6.07) is 0. The number of rotatable bonds is 0. The summed E-state index contributed by atoms with van der Waals surface area (Å²) in [4.78, 5) is 24.3.